The van der Waals surface area contributed by atoms with Crippen LogP contribution in [-0.2, 0) is 6.54 Å². The van der Waals surface area contributed by atoms with Crippen LogP contribution in [0.3, 0.4) is 0 Å². The molecule has 0 bridgehead atoms. The molecule has 1 saturated heterocycles. The SMILES string of the molecule is O=C(Nc1ccc(N2CCCN(Cc3ccccc3F)C2=O)cc1)c1ccco1. The predicted octanol–water partition coefficient (Wildman–Crippen LogP) is 4.50. The van der Waals surface area contributed by atoms with Crippen LogP contribution in [0, 0.1) is 5.82 Å². The van der Waals surface area contributed by atoms with Crippen molar-refractivity contribution in [3.05, 3.63) is 84.1 Å². The summed E-state index contributed by atoms with van der Waals surface area (Å²) in [5.74, 6) is -0.425. The highest BCUT2D eigenvalue weighted by molar-refractivity contribution is 6.02. The number of rotatable bonds is 5. The number of carbonyl (C=O) groups excluding carboxylic acids is 2. The maximum Gasteiger partial charge on any atom is 0.324 e. The van der Waals surface area contributed by atoms with Crippen LogP contribution in [0.15, 0.2) is 71.3 Å². The van der Waals surface area contributed by atoms with Gasteiger partial charge >= 0.3 is 6.03 Å². The molecule has 1 aliphatic rings. The molecule has 0 unspecified atom stereocenters. The molecule has 1 aromatic heterocycles. The average molecular weight is 393 g/mol. The fraction of sp³-hybridized carbons (Fsp3) is 0.182. The third kappa shape index (κ3) is 4.13. The standard InChI is InChI=1S/C22H20FN3O3/c23-19-6-2-1-5-16(19)15-25-12-4-13-26(22(25)28)18-10-8-17(9-11-18)24-21(27)20-7-3-14-29-20/h1-3,5-11,14H,4,12-13,15H2,(H,24,27). The van der Waals surface area contributed by atoms with Gasteiger partial charge in [0, 0.05) is 30.0 Å². The van der Waals surface area contributed by atoms with Crippen LogP contribution in [0.2, 0.25) is 0 Å². The molecule has 148 valence electrons. The molecule has 2 heterocycles. The number of halogens is 1. The largest absolute Gasteiger partial charge is 0.459 e. The van der Waals surface area contributed by atoms with Gasteiger partial charge in [-0.25, -0.2) is 9.18 Å². The number of anilines is 2. The van der Waals surface area contributed by atoms with E-state index in [1.807, 2.05) is 0 Å². The fourth-order valence-electron chi connectivity index (χ4n) is 3.33. The van der Waals surface area contributed by atoms with Crippen LogP contribution in [0.4, 0.5) is 20.6 Å². The Hall–Kier alpha value is -3.61. The summed E-state index contributed by atoms with van der Waals surface area (Å²) in [7, 11) is 0. The van der Waals surface area contributed by atoms with Crippen LogP contribution in [0.1, 0.15) is 22.5 Å². The summed E-state index contributed by atoms with van der Waals surface area (Å²) in [4.78, 5) is 28.3. The monoisotopic (exact) mass is 393 g/mol. The van der Waals surface area contributed by atoms with E-state index < -0.39 is 0 Å². The summed E-state index contributed by atoms with van der Waals surface area (Å²) >= 11 is 0. The minimum atomic E-state index is -0.340. The van der Waals surface area contributed by atoms with E-state index in [0.717, 1.165) is 12.1 Å². The Morgan fingerprint density at radius 3 is 2.55 bits per heavy atom. The lowest BCUT2D eigenvalue weighted by atomic mass is 10.1. The summed E-state index contributed by atoms with van der Waals surface area (Å²) < 4.78 is 19.0. The molecule has 0 spiro atoms. The molecule has 4 rings (SSSR count). The number of benzene rings is 2. The Morgan fingerprint density at radius 1 is 1.03 bits per heavy atom. The molecule has 1 fully saturated rings. The highest BCUT2D eigenvalue weighted by Crippen LogP contribution is 2.24. The van der Waals surface area contributed by atoms with E-state index in [4.69, 9.17) is 4.42 Å². The zero-order valence-corrected chi connectivity index (χ0v) is 15.7. The van der Waals surface area contributed by atoms with Gasteiger partial charge in [0.1, 0.15) is 5.82 Å². The first kappa shape index (κ1) is 18.7. The van der Waals surface area contributed by atoms with Crippen molar-refractivity contribution in [1.29, 1.82) is 0 Å². The molecule has 0 saturated carbocycles. The van der Waals surface area contributed by atoms with Crippen LogP contribution in [0.5, 0.6) is 0 Å². The van der Waals surface area contributed by atoms with Crippen molar-refractivity contribution in [3.8, 4) is 0 Å². The van der Waals surface area contributed by atoms with E-state index in [-0.39, 0.29) is 30.1 Å². The van der Waals surface area contributed by atoms with Gasteiger partial charge in [0.2, 0.25) is 0 Å². The number of nitrogens with zero attached hydrogens (tertiary/aromatic N) is 2. The molecule has 1 N–H and O–H groups in total. The quantitative estimate of drug-likeness (QED) is 0.694. The summed E-state index contributed by atoms with van der Waals surface area (Å²) in [5.41, 5.74) is 1.82. The maximum atomic E-state index is 13.9. The first-order valence-corrected chi connectivity index (χ1v) is 9.36. The second-order valence-corrected chi connectivity index (χ2v) is 6.78. The van der Waals surface area contributed by atoms with Gasteiger partial charge in [0.15, 0.2) is 5.76 Å². The lowest BCUT2D eigenvalue weighted by Gasteiger charge is -2.35. The molecule has 6 nitrogen and oxygen atoms in total. The number of urea groups is 1. The average Bonchev–Trinajstić information content (AvgIpc) is 3.27. The fourth-order valence-corrected chi connectivity index (χ4v) is 3.33. The lowest BCUT2D eigenvalue weighted by Crippen LogP contribution is -2.49. The van der Waals surface area contributed by atoms with Crippen LogP contribution < -0.4 is 10.2 Å². The summed E-state index contributed by atoms with van der Waals surface area (Å²) in [5, 5.41) is 2.75. The van der Waals surface area contributed by atoms with E-state index >= 15 is 0 Å². The Balaban J connectivity index is 1.44. The van der Waals surface area contributed by atoms with Crippen LogP contribution in [0.25, 0.3) is 0 Å². The van der Waals surface area contributed by atoms with Gasteiger partial charge in [-0.1, -0.05) is 18.2 Å². The van der Waals surface area contributed by atoms with Crippen molar-refractivity contribution in [2.45, 2.75) is 13.0 Å². The van der Waals surface area contributed by atoms with Crippen LogP contribution in [-0.4, -0.2) is 29.9 Å². The lowest BCUT2D eigenvalue weighted by molar-refractivity contribution is 0.0996. The highest BCUT2D eigenvalue weighted by atomic mass is 19.1. The first-order valence-electron chi connectivity index (χ1n) is 9.36. The van der Waals surface area contributed by atoms with Crippen LogP contribution >= 0.6 is 0 Å². The smallest absolute Gasteiger partial charge is 0.324 e. The van der Waals surface area contributed by atoms with E-state index in [0.29, 0.717) is 24.3 Å². The molecular weight excluding hydrogens is 373 g/mol. The van der Waals surface area contributed by atoms with Crippen molar-refractivity contribution in [2.75, 3.05) is 23.3 Å². The Morgan fingerprint density at radius 2 is 1.83 bits per heavy atom. The molecule has 3 amide bonds. The van der Waals surface area contributed by atoms with Gasteiger partial charge in [0.25, 0.3) is 5.91 Å². The summed E-state index contributed by atoms with van der Waals surface area (Å²) in [6, 6.07) is 16.6. The zero-order valence-electron chi connectivity index (χ0n) is 15.7. The molecule has 29 heavy (non-hydrogen) atoms. The van der Waals surface area contributed by atoms with Gasteiger partial charge < -0.3 is 14.6 Å². The number of nitrogens with one attached hydrogen (secondary N) is 1. The number of carbonyl (C=O) groups is 2. The number of hydrogen-bond acceptors (Lipinski definition) is 3. The van der Waals surface area contributed by atoms with Crippen molar-refractivity contribution < 1.29 is 18.4 Å². The van der Waals surface area contributed by atoms with Gasteiger partial charge in [-0.2, -0.15) is 0 Å². The minimum Gasteiger partial charge on any atom is -0.459 e. The second-order valence-electron chi connectivity index (χ2n) is 6.78. The Labute approximate surface area is 167 Å². The molecular formula is C22H20FN3O3. The third-order valence-electron chi connectivity index (χ3n) is 4.81. The highest BCUT2D eigenvalue weighted by Gasteiger charge is 2.27. The summed E-state index contributed by atoms with van der Waals surface area (Å²) in [6.07, 6.45) is 2.23. The van der Waals surface area contributed by atoms with Crippen molar-refractivity contribution in [3.63, 3.8) is 0 Å². The predicted molar refractivity (Wildman–Crippen MR) is 107 cm³/mol. The zero-order chi connectivity index (χ0) is 20.2. The van der Waals surface area contributed by atoms with E-state index in [2.05, 4.69) is 5.32 Å². The van der Waals surface area contributed by atoms with E-state index in [1.54, 1.807) is 64.4 Å². The van der Waals surface area contributed by atoms with Gasteiger partial charge in [-0.3, -0.25) is 9.69 Å². The number of furan rings is 1. The maximum absolute atomic E-state index is 13.9. The molecule has 2 aromatic carbocycles. The van der Waals surface area contributed by atoms with Gasteiger partial charge in [-0.05, 0) is 48.9 Å². The van der Waals surface area contributed by atoms with Crippen molar-refractivity contribution in [1.82, 2.24) is 4.90 Å². The molecule has 0 aliphatic carbocycles. The Kier molecular flexibility index (Phi) is 5.29. The topological polar surface area (TPSA) is 65.8 Å². The normalized spacial score (nSPS) is 14.2. The third-order valence-corrected chi connectivity index (χ3v) is 4.81. The number of amides is 3. The molecule has 1 aliphatic heterocycles. The molecule has 3 aromatic rings. The second kappa shape index (κ2) is 8.18. The van der Waals surface area contributed by atoms with E-state index in [1.165, 1.54) is 12.3 Å². The summed E-state index contributed by atoms with van der Waals surface area (Å²) in [6.45, 7) is 1.41. The van der Waals surface area contributed by atoms with Gasteiger partial charge in [-0.15, -0.1) is 0 Å². The first-order chi connectivity index (χ1) is 14.1. The molecule has 0 radical (unpaired) electrons. The molecule has 7 heteroatoms. The van der Waals surface area contributed by atoms with E-state index in [9.17, 15) is 14.0 Å². The van der Waals surface area contributed by atoms with Crippen molar-refractivity contribution >= 4 is 23.3 Å². The van der Waals surface area contributed by atoms with Crippen molar-refractivity contribution in [2.24, 2.45) is 0 Å². The molecule has 0 atom stereocenters. The number of hydrogen-bond donors (Lipinski definition) is 1. The minimum absolute atomic E-state index is 0.160. The van der Waals surface area contributed by atoms with Gasteiger partial charge in [0.05, 0.1) is 12.8 Å². The Bertz CT molecular complexity index is 1000.